The van der Waals surface area contributed by atoms with Gasteiger partial charge in [0.25, 0.3) is 0 Å². The number of aromatic nitrogens is 2. The fourth-order valence-corrected chi connectivity index (χ4v) is 1.09. The number of rotatable bonds is 4. The molecule has 0 aromatic carbocycles. The van der Waals surface area contributed by atoms with Crippen LogP contribution in [0, 0.1) is 6.92 Å². The lowest BCUT2D eigenvalue weighted by Gasteiger charge is -2.14. The van der Waals surface area contributed by atoms with Gasteiger partial charge in [0.05, 0.1) is 13.0 Å². The Morgan fingerprint density at radius 1 is 1.40 bits per heavy atom. The molecule has 0 bridgehead atoms. The van der Waals surface area contributed by atoms with E-state index in [1.165, 1.54) is 6.92 Å². The topological polar surface area (TPSA) is 51.0 Å². The predicted octanol–water partition coefficient (Wildman–Crippen LogP) is 1.81. The van der Waals surface area contributed by atoms with E-state index < -0.39 is 18.6 Å². The second kappa shape index (κ2) is 4.61. The molecular formula is C8H12F3N3O. The summed E-state index contributed by atoms with van der Waals surface area (Å²) in [6.07, 6.45) is -5.03. The van der Waals surface area contributed by atoms with Gasteiger partial charge < -0.3 is 9.73 Å². The Labute approximate surface area is 84.9 Å². The van der Waals surface area contributed by atoms with Crippen LogP contribution in [0.4, 0.5) is 13.2 Å². The van der Waals surface area contributed by atoms with Crippen LogP contribution in [0.25, 0.3) is 0 Å². The van der Waals surface area contributed by atoms with Crippen LogP contribution >= 0.6 is 0 Å². The van der Waals surface area contributed by atoms with E-state index in [4.69, 9.17) is 4.42 Å². The summed E-state index contributed by atoms with van der Waals surface area (Å²) in [6, 6.07) is -0.669. The molecule has 15 heavy (non-hydrogen) atoms. The van der Waals surface area contributed by atoms with Crippen LogP contribution in [0.2, 0.25) is 0 Å². The van der Waals surface area contributed by atoms with Gasteiger partial charge in [0.1, 0.15) is 0 Å². The average molecular weight is 223 g/mol. The largest absolute Gasteiger partial charge is 0.424 e. The van der Waals surface area contributed by atoms with E-state index in [2.05, 4.69) is 15.5 Å². The molecule has 0 saturated heterocycles. The Bertz CT molecular complexity index is 310. The maximum absolute atomic E-state index is 11.9. The number of halogens is 3. The minimum atomic E-state index is -4.16. The first-order valence-electron chi connectivity index (χ1n) is 4.46. The van der Waals surface area contributed by atoms with Crippen LogP contribution in [0.1, 0.15) is 25.1 Å². The average Bonchev–Trinajstić information content (AvgIpc) is 2.45. The lowest BCUT2D eigenvalue weighted by molar-refractivity contribution is -0.139. The van der Waals surface area contributed by atoms with E-state index in [1.807, 2.05) is 0 Å². The number of alkyl halides is 3. The summed E-state index contributed by atoms with van der Waals surface area (Å²) in [4.78, 5) is 0. The van der Waals surface area contributed by atoms with Crippen molar-refractivity contribution in [2.45, 2.75) is 39.0 Å². The van der Waals surface area contributed by atoms with Crippen molar-refractivity contribution < 1.29 is 17.6 Å². The fraction of sp³-hybridized carbons (Fsp3) is 0.750. The Kier molecular flexibility index (Phi) is 3.67. The molecule has 1 N–H and O–H groups in total. The molecule has 4 nitrogen and oxygen atoms in total. The van der Waals surface area contributed by atoms with Crippen molar-refractivity contribution in [1.82, 2.24) is 15.5 Å². The van der Waals surface area contributed by atoms with Crippen molar-refractivity contribution in [3.05, 3.63) is 11.8 Å². The molecule has 0 saturated carbocycles. The van der Waals surface area contributed by atoms with Crippen molar-refractivity contribution in [3.63, 3.8) is 0 Å². The number of nitrogens with zero attached hydrogens (tertiary/aromatic N) is 2. The second-order valence-corrected chi connectivity index (χ2v) is 3.32. The predicted molar refractivity (Wildman–Crippen MR) is 46.0 cm³/mol. The molecule has 1 aromatic heterocycles. The molecule has 0 spiro atoms. The number of hydrogen-bond donors (Lipinski definition) is 1. The van der Waals surface area contributed by atoms with E-state index in [9.17, 15) is 13.2 Å². The molecular weight excluding hydrogens is 211 g/mol. The Balaban J connectivity index is 2.31. The van der Waals surface area contributed by atoms with Gasteiger partial charge in [-0.3, -0.25) is 0 Å². The minimum Gasteiger partial charge on any atom is -0.424 e. The van der Waals surface area contributed by atoms with Gasteiger partial charge in [0.15, 0.2) is 0 Å². The van der Waals surface area contributed by atoms with Gasteiger partial charge in [-0.1, -0.05) is 0 Å². The molecule has 0 aliphatic heterocycles. The quantitative estimate of drug-likeness (QED) is 0.845. The summed E-state index contributed by atoms with van der Waals surface area (Å²) in [5, 5.41) is 9.87. The summed E-state index contributed by atoms with van der Waals surface area (Å²) < 4.78 is 40.8. The van der Waals surface area contributed by atoms with E-state index in [-0.39, 0.29) is 6.54 Å². The third kappa shape index (κ3) is 4.78. The van der Waals surface area contributed by atoms with Crippen molar-refractivity contribution in [1.29, 1.82) is 0 Å². The van der Waals surface area contributed by atoms with Gasteiger partial charge in [-0.2, -0.15) is 13.2 Å². The highest BCUT2D eigenvalue weighted by Gasteiger charge is 2.29. The van der Waals surface area contributed by atoms with Gasteiger partial charge >= 0.3 is 6.18 Å². The first-order chi connectivity index (χ1) is 6.87. The molecule has 0 aliphatic rings. The van der Waals surface area contributed by atoms with E-state index in [1.54, 1.807) is 6.92 Å². The molecule has 86 valence electrons. The highest BCUT2D eigenvalue weighted by molar-refractivity contribution is 4.79. The summed E-state index contributed by atoms with van der Waals surface area (Å²) >= 11 is 0. The Morgan fingerprint density at radius 3 is 2.53 bits per heavy atom. The second-order valence-electron chi connectivity index (χ2n) is 3.32. The van der Waals surface area contributed by atoms with E-state index in [0.29, 0.717) is 11.8 Å². The van der Waals surface area contributed by atoms with Gasteiger partial charge in [0, 0.05) is 13.0 Å². The zero-order valence-corrected chi connectivity index (χ0v) is 8.43. The monoisotopic (exact) mass is 223 g/mol. The molecule has 1 atom stereocenters. The van der Waals surface area contributed by atoms with Crippen LogP contribution in [0.3, 0.4) is 0 Å². The molecule has 1 heterocycles. The summed E-state index contributed by atoms with van der Waals surface area (Å²) in [5.74, 6) is 0.691. The van der Waals surface area contributed by atoms with Crippen molar-refractivity contribution in [2.24, 2.45) is 0 Å². The van der Waals surface area contributed by atoms with Crippen molar-refractivity contribution >= 4 is 0 Å². The lowest BCUT2D eigenvalue weighted by Crippen LogP contribution is -2.30. The highest BCUT2D eigenvalue weighted by atomic mass is 19.4. The third-order valence-corrected chi connectivity index (χ3v) is 1.71. The van der Waals surface area contributed by atoms with Crippen LogP contribution in [0.5, 0.6) is 0 Å². The van der Waals surface area contributed by atoms with Crippen LogP contribution in [-0.2, 0) is 6.54 Å². The molecule has 7 heteroatoms. The number of nitrogens with one attached hydrogen (secondary N) is 1. The summed E-state index contributed by atoms with van der Waals surface area (Å²) in [5.41, 5.74) is 0. The van der Waals surface area contributed by atoms with E-state index >= 15 is 0 Å². The normalized spacial score (nSPS) is 14.2. The molecule has 0 aliphatic carbocycles. The maximum atomic E-state index is 11.9. The standard InChI is InChI=1S/C8H12F3N3O/c1-5(3-8(9,10)11)12-4-7-14-13-6(2)15-7/h5,12H,3-4H2,1-2H3. The van der Waals surface area contributed by atoms with Crippen molar-refractivity contribution in [3.8, 4) is 0 Å². The molecule has 0 amide bonds. The highest BCUT2D eigenvalue weighted by Crippen LogP contribution is 2.21. The van der Waals surface area contributed by atoms with Crippen LogP contribution in [0.15, 0.2) is 4.42 Å². The number of aryl methyl sites for hydroxylation is 1. The number of hydrogen-bond acceptors (Lipinski definition) is 4. The maximum Gasteiger partial charge on any atom is 0.390 e. The van der Waals surface area contributed by atoms with Gasteiger partial charge in [-0.15, -0.1) is 10.2 Å². The molecule has 0 radical (unpaired) electrons. The Hall–Kier alpha value is -1.11. The van der Waals surface area contributed by atoms with Gasteiger partial charge in [-0.25, -0.2) is 0 Å². The molecule has 1 unspecified atom stereocenters. The van der Waals surface area contributed by atoms with Crippen LogP contribution in [-0.4, -0.2) is 22.4 Å². The zero-order chi connectivity index (χ0) is 11.5. The smallest absolute Gasteiger partial charge is 0.390 e. The van der Waals surface area contributed by atoms with Gasteiger partial charge in [0.2, 0.25) is 11.8 Å². The van der Waals surface area contributed by atoms with Crippen molar-refractivity contribution in [2.75, 3.05) is 0 Å². The zero-order valence-electron chi connectivity index (χ0n) is 8.43. The Morgan fingerprint density at radius 2 is 2.07 bits per heavy atom. The first-order valence-corrected chi connectivity index (χ1v) is 4.46. The molecule has 1 rings (SSSR count). The lowest BCUT2D eigenvalue weighted by atomic mass is 10.2. The first kappa shape index (κ1) is 12.0. The SMILES string of the molecule is Cc1nnc(CNC(C)CC(F)(F)F)o1. The van der Waals surface area contributed by atoms with Crippen LogP contribution < -0.4 is 5.32 Å². The summed E-state index contributed by atoms with van der Waals surface area (Å²) in [7, 11) is 0. The summed E-state index contributed by atoms with van der Waals surface area (Å²) in [6.45, 7) is 3.23. The molecule has 1 aromatic rings. The van der Waals surface area contributed by atoms with E-state index in [0.717, 1.165) is 0 Å². The fourth-order valence-electron chi connectivity index (χ4n) is 1.09. The van der Waals surface area contributed by atoms with Gasteiger partial charge in [-0.05, 0) is 6.92 Å². The third-order valence-electron chi connectivity index (χ3n) is 1.71. The molecule has 0 fully saturated rings. The minimum absolute atomic E-state index is 0.151.